The predicted molar refractivity (Wildman–Crippen MR) is 99.9 cm³/mol. The van der Waals surface area contributed by atoms with Crippen molar-refractivity contribution in [2.45, 2.75) is 44.6 Å². The molecule has 0 radical (unpaired) electrons. The van der Waals surface area contributed by atoms with Crippen molar-refractivity contribution in [3.8, 4) is 0 Å². The van der Waals surface area contributed by atoms with Gasteiger partial charge in [-0.3, -0.25) is 14.2 Å². The maximum atomic E-state index is 13.1. The second-order valence-corrected chi connectivity index (χ2v) is 7.72. The molecule has 1 saturated carbocycles. The second kappa shape index (κ2) is 6.71. The minimum Gasteiger partial charge on any atom is -0.342 e. The first-order valence-electron chi connectivity index (χ1n) is 9.46. The van der Waals surface area contributed by atoms with Crippen LogP contribution in [0, 0.1) is 12.8 Å². The number of benzene rings is 1. The molecule has 2 fully saturated rings. The Morgan fingerprint density at radius 2 is 1.88 bits per heavy atom. The number of likely N-dealkylation sites (tertiary alicyclic amines) is 1. The number of hydrogen-bond acceptors (Lipinski definition) is 3. The van der Waals surface area contributed by atoms with Gasteiger partial charge in [0.2, 0.25) is 5.91 Å². The van der Waals surface area contributed by atoms with Gasteiger partial charge in [0, 0.05) is 31.4 Å². The highest BCUT2D eigenvalue weighted by molar-refractivity contribution is 5.91. The van der Waals surface area contributed by atoms with E-state index in [1.807, 2.05) is 23.1 Å². The summed E-state index contributed by atoms with van der Waals surface area (Å²) in [5, 5.41) is 0. The monoisotopic (exact) mass is 351 g/mol. The lowest BCUT2D eigenvalue weighted by molar-refractivity contribution is -0.135. The van der Waals surface area contributed by atoms with Gasteiger partial charge in [-0.2, -0.15) is 0 Å². The quantitative estimate of drug-likeness (QED) is 0.850. The Labute approximate surface area is 153 Å². The van der Waals surface area contributed by atoms with Crippen molar-refractivity contribution in [2.24, 2.45) is 5.92 Å². The molecular formula is C21H25N3O2. The van der Waals surface area contributed by atoms with E-state index in [0.29, 0.717) is 18.0 Å². The van der Waals surface area contributed by atoms with E-state index in [1.165, 1.54) is 0 Å². The molecule has 0 unspecified atom stereocenters. The molecule has 2 heterocycles. The molecule has 0 N–H and O–H groups in total. The number of aromatic nitrogens is 2. The van der Waals surface area contributed by atoms with E-state index in [0.717, 1.165) is 44.3 Å². The van der Waals surface area contributed by atoms with Crippen LogP contribution in [0.3, 0.4) is 0 Å². The zero-order valence-electron chi connectivity index (χ0n) is 15.2. The van der Waals surface area contributed by atoms with Crippen molar-refractivity contribution < 1.29 is 4.79 Å². The van der Waals surface area contributed by atoms with Crippen LogP contribution in [0.4, 0.5) is 0 Å². The van der Waals surface area contributed by atoms with Crippen LogP contribution in [0.25, 0.3) is 0 Å². The Morgan fingerprint density at radius 3 is 2.54 bits per heavy atom. The highest BCUT2D eigenvalue weighted by atomic mass is 16.2. The molecular weight excluding hydrogens is 326 g/mol. The first-order valence-corrected chi connectivity index (χ1v) is 9.46. The third-order valence-corrected chi connectivity index (χ3v) is 5.91. The van der Waals surface area contributed by atoms with E-state index in [1.54, 1.807) is 24.0 Å². The molecule has 1 aliphatic heterocycles. The molecule has 1 aromatic heterocycles. The first kappa shape index (κ1) is 17.0. The van der Waals surface area contributed by atoms with Crippen LogP contribution in [0.15, 0.2) is 47.7 Å². The fraction of sp³-hybridized carbons (Fsp3) is 0.476. The Bertz CT molecular complexity index is 847. The minimum absolute atomic E-state index is 0.0412. The molecule has 1 aromatic carbocycles. The van der Waals surface area contributed by atoms with E-state index in [2.05, 4.69) is 17.1 Å². The number of rotatable bonds is 4. The number of carbonyl (C=O) groups is 1. The highest BCUT2D eigenvalue weighted by Crippen LogP contribution is 2.49. The maximum absolute atomic E-state index is 13.1. The average Bonchev–Trinajstić information content (AvgIpc) is 3.48. The topological polar surface area (TPSA) is 55.2 Å². The first-order chi connectivity index (χ1) is 12.6. The molecule has 26 heavy (non-hydrogen) atoms. The van der Waals surface area contributed by atoms with Gasteiger partial charge >= 0.3 is 0 Å². The van der Waals surface area contributed by atoms with Gasteiger partial charge in [0.05, 0.1) is 11.7 Å². The predicted octanol–water partition coefficient (Wildman–Crippen LogP) is 2.52. The van der Waals surface area contributed by atoms with E-state index in [-0.39, 0.29) is 16.9 Å². The van der Waals surface area contributed by atoms with Crippen LogP contribution < -0.4 is 5.56 Å². The fourth-order valence-corrected chi connectivity index (χ4v) is 4.10. The second-order valence-electron chi connectivity index (χ2n) is 7.72. The normalized spacial score (nSPS) is 19.3. The van der Waals surface area contributed by atoms with Crippen LogP contribution in [0.5, 0.6) is 0 Å². The van der Waals surface area contributed by atoms with E-state index in [9.17, 15) is 9.59 Å². The van der Waals surface area contributed by atoms with Gasteiger partial charge in [-0.1, -0.05) is 30.3 Å². The molecule has 2 aromatic rings. The molecule has 0 bridgehead atoms. The molecule has 1 aliphatic carbocycles. The lowest BCUT2D eigenvalue weighted by Gasteiger charge is -2.34. The summed E-state index contributed by atoms with van der Waals surface area (Å²) in [6.07, 6.45) is 7.04. The van der Waals surface area contributed by atoms with Crippen LogP contribution in [0.1, 0.15) is 36.8 Å². The maximum Gasteiger partial charge on any atom is 0.256 e. The summed E-state index contributed by atoms with van der Waals surface area (Å²) in [6, 6.07) is 10.2. The van der Waals surface area contributed by atoms with Crippen molar-refractivity contribution in [1.29, 1.82) is 0 Å². The van der Waals surface area contributed by atoms with E-state index in [4.69, 9.17) is 0 Å². The number of amides is 1. The molecule has 5 nitrogen and oxygen atoms in total. The van der Waals surface area contributed by atoms with Crippen molar-refractivity contribution in [1.82, 2.24) is 14.5 Å². The van der Waals surface area contributed by atoms with Gasteiger partial charge < -0.3 is 4.90 Å². The SMILES string of the molecule is Cc1cncn(CC2CCN(C(=O)C3(c4ccccc4)CC3)CC2)c1=O. The fourth-order valence-electron chi connectivity index (χ4n) is 4.10. The summed E-state index contributed by atoms with van der Waals surface area (Å²) in [5.41, 5.74) is 1.61. The molecule has 1 amide bonds. The van der Waals surface area contributed by atoms with E-state index >= 15 is 0 Å². The van der Waals surface area contributed by atoms with Crippen molar-refractivity contribution in [2.75, 3.05) is 13.1 Å². The van der Waals surface area contributed by atoms with Gasteiger partial charge in [0.25, 0.3) is 5.56 Å². The summed E-state index contributed by atoms with van der Waals surface area (Å²) >= 11 is 0. The lowest BCUT2D eigenvalue weighted by atomic mass is 9.91. The third kappa shape index (κ3) is 3.06. The van der Waals surface area contributed by atoms with Gasteiger partial charge in [-0.05, 0) is 44.1 Å². The van der Waals surface area contributed by atoms with Crippen LogP contribution >= 0.6 is 0 Å². The largest absolute Gasteiger partial charge is 0.342 e. The number of hydrogen-bond donors (Lipinski definition) is 0. The summed E-state index contributed by atoms with van der Waals surface area (Å²) < 4.78 is 1.71. The zero-order valence-corrected chi connectivity index (χ0v) is 15.2. The Morgan fingerprint density at radius 1 is 1.19 bits per heavy atom. The molecule has 4 rings (SSSR count). The molecule has 136 valence electrons. The standard InChI is InChI=1S/C21H25N3O2/c1-16-13-22-15-24(19(16)25)14-17-7-11-23(12-8-17)20(26)21(9-10-21)18-5-3-2-4-6-18/h2-6,13,15,17H,7-12,14H2,1H3. The number of nitrogens with zero attached hydrogens (tertiary/aromatic N) is 3. The number of aryl methyl sites for hydroxylation is 1. The summed E-state index contributed by atoms with van der Waals surface area (Å²) in [7, 11) is 0. The summed E-state index contributed by atoms with van der Waals surface area (Å²) in [5.74, 6) is 0.712. The van der Waals surface area contributed by atoms with Crippen molar-refractivity contribution >= 4 is 5.91 Å². The van der Waals surface area contributed by atoms with Crippen molar-refractivity contribution in [3.63, 3.8) is 0 Å². The zero-order chi connectivity index (χ0) is 18.1. The molecule has 0 atom stereocenters. The Balaban J connectivity index is 1.39. The Kier molecular flexibility index (Phi) is 4.39. The summed E-state index contributed by atoms with van der Waals surface area (Å²) in [6.45, 7) is 4.06. The van der Waals surface area contributed by atoms with Crippen molar-refractivity contribution in [3.05, 3.63) is 64.3 Å². The van der Waals surface area contributed by atoms with Gasteiger partial charge in [-0.15, -0.1) is 0 Å². The molecule has 0 spiro atoms. The van der Waals surface area contributed by atoms with Gasteiger partial charge in [0.1, 0.15) is 0 Å². The van der Waals surface area contributed by atoms with Crippen LogP contribution in [-0.4, -0.2) is 33.4 Å². The smallest absolute Gasteiger partial charge is 0.256 e. The summed E-state index contributed by atoms with van der Waals surface area (Å²) in [4.78, 5) is 31.4. The van der Waals surface area contributed by atoms with Gasteiger partial charge in [-0.25, -0.2) is 4.98 Å². The molecule has 2 aliphatic rings. The van der Waals surface area contributed by atoms with E-state index < -0.39 is 0 Å². The molecule has 5 heteroatoms. The third-order valence-electron chi connectivity index (χ3n) is 5.91. The van der Waals surface area contributed by atoms with Crippen LogP contribution in [0.2, 0.25) is 0 Å². The van der Waals surface area contributed by atoms with Gasteiger partial charge in [0.15, 0.2) is 0 Å². The lowest BCUT2D eigenvalue weighted by Crippen LogP contribution is -2.44. The number of carbonyl (C=O) groups excluding carboxylic acids is 1. The highest BCUT2D eigenvalue weighted by Gasteiger charge is 2.53. The molecule has 1 saturated heterocycles. The Hall–Kier alpha value is -2.43. The average molecular weight is 351 g/mol. The van der Waals surface area contributed by atoms with Crippen LogP contribution in [-0.2, 0) is 16.8 Å². The number of piperidine rings is 1. The minimum atomic E-state index is -0.272.